The van der Waals surface area contributed by atoms with Crippen LogP contribution < -0.4 is 15.5 Å². The summed E-state index contributed by atoms with van der Waals surface area (Å²) >= 11 is 19.5. The lowest BCUT2D eigenvalue weighted by Gasteiger charge is -2.34. The molecule has 1 saturated heterocycles. The molecule has 1 aliphatic rings. The third-order valence-electron chi connectivity index (χ3n) is 9.51. The first-order chi connectivity index (χ1) is 24.2. The number of carbonyl (C=O) groups is 1. The summed E-state index contributed by atoms with van der Waals surface area (Å²) in [6, 6.07) is 28.7. The van der Waals surface area contributed by atoms with E-state index in [4.69, 9.17) is 39.8 Å². The molecule has 6 aromatic rings. The van der Waals surface area contributed by atoms with E-state index >= 15 is 0 Å². The van der Waals surface area contributed by atoms with Crippen molar-refractivity contribution < 1.29 is 4.79 Å². The van der Waals surface area contributed by atoms with Crippen molar-refractivity contribution in [3.63, 3.8) is 0 Å². The first-order valence-electron chi connectivity index (χ1n) is 16.4. The van der Waals surface area contributed by atoms with Gasteiger partial charge in [0.15, 0.2) is 0 Å². The Hall–Kier alpha value is -4.78. The summed E-state index contributed by atoms with van der Waals surface area (Å²) in [7, 11) is 1.98. The number of rotatable bonds is 8. The van der Waals surface area contributed by atoms with Gasteiger partial charge in [-0.05, 0) is 74.8 Å². The average Bonchev–Trinajstić information content (AvgIpc) is 3.73. The van der Waals surface area contributed by atoms with Gasteiger partial charge < -0.3 is 25.1 Å². The van der Waals surface area contributed by atoms with Gasteiger partial charge in [0.1, 0.15) is 5.69 Å². The number of nitrogens with zero attached hydrogens (tertiary/aromatic N) is 4. The molecule has 3 N–H and O–H groups in total. The molecule has 11 heteroatoms. The Morgan fingerprint density at radius 1 is 0.980 bits per heavy atom. The maximum atomic E-state index is 14.7. The minimum Gasteiger partial charge on any atom is -0.370 e. The molecule has 2 aromatic heterocycles. The summed E-state index contributed by atoms with van der Waals surface area (Å²) in [4.78, 5) is 25.2. The van der Waals surface area contributed by atoms with Crippen LogP contribution in [-0.2, 0) is 0 Å². The number of aromatic nitrogens is 3. The number of H-pyrrole nitrogens is 1. The number of fused-ring (bicyclic) bond motifs is 1. The maximum Gasteiger partial charge on any atom is 0.272 e. The van der Waals surface area contributed by atoms with Crippen LogP contribution in [0.5, 0.6) is 0 Å². The van der Waals surface area contributed by atoms with Gasteiger partial charge in [0, 0.05) is 56.2 Å². The van der Waals surface area contributed by atoms with Gasteiger partial charge >= 0.3 is 0 Å². The molecule has 1 amide bonds. The minimum atomic E-state index is -0.363. The number of imidazole rings is 1. The van der Waals surface area contributed by atoms with Crippen LogP contribution in [0.3, 0.4) is 0 Å². The second-order valence-electron chi connectivity index (χ2n) is 12.5. The van der Waals surface area contributed by atoms with E-state index in [1.165, 1.54) is 0 Å². The van der Waals surface area contributed by atoms with E-state index in [1.807, 2.05) is 85.3 Å². The summed E-state index contributed by atoms with van der Waals surface area (Å²) in [5.74, 6) is -0.363. The van der Waals surface area contributed by atoms with Gasteiger partial charge in [-0.3, -0.25) is 4.79 Å². The van der Waals surface area contributed by atoms with Crippen LogP contribution in [0, 0.1) is 11.3 Å². The van der Waals surface area contributed by atoms with Gasteiger partial charge in [0.05, 0.1) is 46.8 Å². The zero-order valence-electron chi connectivity index (χ0n) is 27.5. The van der Waals surface area contributed by atoms with Crippen molar-refractivity contribution in [3.8, 4) is 28.6 Å². The predicted octanol–water partition coefficient (Wildman–Crippen LogP) is 9.58. The molecule has 1 unspecified atom stereocenters. The number of halogens is 3. The molecule has 0 saturated carbocycles. The first-order valence-corrected chi connectivity index (χ1v) is 17.6. The van der Waals surface area contributed by atoms with Crippen LogP contribution in [-0.4, -0.2) is 46.6 Å². The fraction of sp³-hybridized carbons (Fsp3) is 0.205. The zero-order valence-corrected chi connectivity index (χ0v) is 29.7. The number of hydrogen-bond acceptors (Lipinski definition) is 5. The molecular formula is C39H34Cl3N7O. The Bertz CT molecular complexity index is 2250. The van der Waals surface area contributed by atoms with Crippen molar-refractivity contribution in [3.05, 3.63) is 123 Å². The molecule has 8 nitrogen and oxygen atoms in total. The SMILES string of the molecule is CNC1CCN(c2ccc(C#N)cc2NC(=O)c2[nH]c3cc(Cl)ccc3c2-c2c(-c3ccccc3)ncn2C(C)c2ccc(Cl)cc2Cl)CC1. The largest absolute Gasteiger partial charge is 0.370 e. The number of nitrogens with one attached hydrogen (secondary N) is 3. The lowest BCUT2D eigenvalue weighted by molar-refractivity contribution is 0.102. The number of benzene rings is 4. The standard InChI is InChI=1S/C39H34Cl3N7O/c1-23(29-11-9-26(40)19-31(29)42)49-22-45-36(25-6-4-3-5-7-25)38(49)35-30-12-10-27(41)20-32(30)46-37(35)39(50)47-33-18-24(21-43)8-13-34(33)48-16-14-28(44-2)15-17-48/h3-13,18-20,22-23,28,44,46H,14-17H2,1-2H3,(H,47,50). The monoisotopic (exact) mass is 721 g/mol. The highest BCUT2D eigenvalue weighted by molar-refractivity contribution is 6.35. The molecule has 3 heterocycles. The van der Waals surface area contributed by atoms with Crippen LogP contribution in [0.25, 0.3) is 33.4 Å². The van der Waals surface area contributed by atoms with Gasteiger partial charge in [-0.25, -0.2) is 4.98 Å². The number of amides is 1. The van der Waals surface area contributed by atoms with E-state index in [0.717, 1.165) is 53.8 Å². The first kappa shape index (κ1) is 33.7. The van der Waals surface area contributed by atoms with E-state index in [-0.39, 0.29) is 11.9 Å². The molecule has 1 aliphatic heterocycles. The second kappa shape index (κ2) is 14.2. The van der Waals surface area contributed by atoms with Gasteiger partial charge in [0.25, 0.3) is 5.91 Å². The second-order valence-corrected chi connectivity index (χ2v) is 13.7. The van der Waals surface area contributed by atoms with Crippen molar-refractivity contribution in [2.45, 2.75) is 31.8 Å². The quantitative estimate of drug-likeness (QED) is 0.145. The molecule has 50 heavy (non-hydrogen) atoms. The van der Waals surface area contributed by atoms with Crippen molar-refractivity contribution in [1.82, 2.24) is 19.9 Å². The van der Waals surface area contributed by atoms with Crippen molar-refractivity contribution >= 4 is 63.0 Å². The number of nitriles is 1. The van der Waals surface area contributed by atoms with Crippen LogP contribution in [0.1, 0.15) is 47.4 Å². The summed E-state index contributed by atoms with van der Waals surface area (Å²) in [6.07, 6.45) is 3.73. The highest BCUT2D eigenvalue weighted by Crippen LogP contribution is 2.42. The van der Waals surface area contributed by atoms with Crippen LogP contribution >= 0.6 is 34.8 Å². The van der Waals surface area contributed by atoms with Gasteiger partial charge in [-0.1, -0.05) is 77.3 Å². The number of carbonyl (C=O) groups excluding carboxylic acids is 1. The van der Waals surface area contributed by atoms with E-state index in [0.29, 0.717) is 54.8 Å². The topological polar surface area (TPSA) is 102 Å². The molecule has 0 radical (unpaired) electrons. The summed E-state index contributed by atoms with van der Waals surface area (Å²) < 4.78 is 2.04. The third kappa shape index (κ3) is 6.46. The number of anilines is 2. The van der Waals surface area contributed by atoms with Crippen molar-refractivity contribution in [2.24, 2.45) is 0 Å². The van der Waals surface area contributed by atoms with Crippen LogP contribution in [0.2, 0.25) is 15.1 Å². The summed E-state index contributed by atoms with van der Waals surface area (Å²) in [5, 5.41) is 18.7. The smallest absolute Gasteiger partial charge is 0.272 e. The molecule has 0 aliphatic carbocycles. The highest BCUT2D eigenvalue weighted by atomic mass is 35.5. The zero-order chi connectivity index (χ0) is 34.9. The highest BCUT2D eigenvalue weighted by Gasteiger charge is 2.29. The minimum absolute atomic E-state index is 0.285. The van der Waals surface area contributed by atoms with Crippen LogP contribution in [0.4, 0.5) is 11.4 Å². The molecule has 0 bridgehead atoms. The van der Waals surface area contributed by atoms with Gasteiger partial charge in [0.2, 0.25) is 0 Å². The molecule has 0 spiro atoms. The maximum absolute atomic E-state index is 14.7. The predicted molar refractivity (Wildman–Crippen MR) is 204 cm³/mol. The average molecular weight is 723 g/mol. The van der Waals surface area contributed by atoms with E-state index in [2.05, 4.69) is 26.6 Å². The third-order valence-corrected chi connectivity index (χ3v) is 10.3. The number of piperidine rings is 1. The van der Waals surface area contributed by atoms with Crippen LogP contribution in [0.15, 0.2) is 91.3 Å². The Kier molecular flexibility index (Phi) is 9.58. The van der Waals surface area contributed by atoms with Gasteiger partial charge in [-0.2, -0.15) is 5.26 Å². The summed E-state index contributed by atoms with van der Waals surface area (Å²) in [5.41, 5.74) is 6.75. The lowest BCUT2D eigenvalue weighted by atomic mass is 9.99. The summed E-state index contributed by atoms with van der Waals surface area (Å²) in [6.45, 7) is 3.68. The molecule has 1 fully saturated rings. The molecule has 1 atom stereocenters. The van der Waals surface area contributed by atoms with Gasteiger partial charge in [-0.15, -0.1) is 0 Å². The molecule has 252 valence electrons. The van der Waals surface area contributed by atoms with E-state index in [9.17, 15) is 10.1 Å². The number of hydrogen-bond donors (Lipinski definition) is 3. The Morgan fingerprint density at radius 3 is 2.44 bits per heavy atom. The number of aromatic amines is 1. The van der Waals surface area contributed by atoms with Crippen molar-refractivity contribution in [1.29, 1.82) is 5.26 Å². The Labute approximate surface area is 305 Å². The lowest BCUT2D eigenvalue weighted by Crippen LogP contribution is -2.41. The fourth-order valence-electron chi connectivity index (χ4n) is 6.86. The Balaban J connectivity index is 1.40. The molecular weight excluding hydrogens is 689 g/mol. The molecule has 7 rings (SSSR count). The van der Waals surface area contributed by atoms with E-state index in [1.54, 1.807) is 24.5 Å². The van der Waals surface area contributed by atoms with Crippen molar-refractivity contribution in [2.75, 3.05) is 30.4 Å². The molecule has 4 aromatic carbocycles. The normalized spacial score (nSPS) is 14.1. The Morgan fingerprint density at radius 2 is 1.72 bits per heavy atom. The fourth-order valence-corrected chi connectivity index (χ4v) is 7.60. The van der Waals surface area contributed by atoms with E-state index < -0.39 is 0 Å².